The fourth-order valence-electron chi connectivity index (χ4n) is 2.56. The number of hydrogen-bond donors (Lipinski definition) is 1. The highest BCUT2D eigenvalue weighted by Crippen LogP contribution is 2.26. The molecule has 0 spiro atoms. The molecule has 0 bridgehead atoms. The molecule has 0 saturated heterocycles. The third-order valence-electron chi connectivity index (χ3n) is 3.89. The molecule has 140 valence electrons. The second-order valence-corrected chi connectivity index (χ2v) is 7.47. The van der Waals surface area contributed by atoms with Gasteiger partial charge >= 0.3 is 5.97 Å². The molecule has 1 aromatic heterocycles. The van der Waals surface area contributed by atoms with E-state index < -0.39 is 5.97 Å². The van der Waals surface area contributed by atoms with Crippen LogP contribution in [0.25, 0.3) is 0 Å². The monoisotopic (exact) mass is 383 g/mol. The van der Waals surface area contributed by atoms with E-state index in [1.165, 1.54) is 16.8 Å². The number of aryl methyl sites for hydroxylation is 1. The number of esters is 1. The largest absolute Gasteiger partial charge is 0.402 e. The summed E-state index contributed by atoms with van der Waals surface area (Å²) in [6.45, 7) is 1.45. The highest BCUT2D eigenvalue weighted by Gasteiger charge is 2.23. The number of nitrogens with zero attached hydrogens (tertiary/aromatic N) is 2. The number of amides is 1. The molecule has 0 saturated carbocycles. The second kappa shape index (κ2) is 8.18. The van der Waals surface area contributed by atoms with Gasteiger partial charge in [0.15, 0.2) is 0 Å². The first-order chi connectivity index (χ1) is 12.9. The number of ether oxygens (including phenoxy) is 1. The number of nitrogens with one attached hydrogen (secondary N) is 1. The van der Waals surface area contributed by atoms with E-state index in [9.17, 15) is 9.59 Å². The zero-order valence-electron chi connectivity index (χ0n) is 15.5. The lowest BCUT2D eigenvalue weighted by Crippen LogP contribution is -2.07. The van der Waals surface area contributed by atoms with Crippen molar-refractivity contribution in [3.8, 4) is 0 Å². The van der Waals surface area contributed by atoms with Crippen molar-refractivity contribution < 1.29 is 14.3 Å². The first kappa shape index (κ1) is 18.8. The highest BCUT2D eigenvalue weighted by molar-refractivity contribution is 7.16. The topological polar surface area (TPSA) is 71.0 Å². The SMILES string of the molecule is CC(=O)Nc1ccc(C2=N/C(=C\CCc3ccc(N(C)C)s3)C(=O)O2)cc1. The Hall–Kier alpha value is -2.93. The maximum atomic E-state index is 12.0. The van der Waals surface area contributed by atoms with E-state index >= 15 is 0 Å². The number of hydrogen-bond acceptors (Lipinski definition) is 6. The summed E-state index contributed by atoms with van der Waals surface area (Å²) in [6, 6.07) is 11.2. The van der Waals surface area contributed by atoms with Crippen LogP contribution in [0.1, 0.15) is 23.8 Å². The molecule has 1 aliphatic heterocycles. The first-order valence-corrected chi connectivity index (χ1v) is 9.39. The normalized spacial score (nSPS) is 14.9. The average Bonchev–Trinajstić information content (AvgIpc) is 3.23. The van der Waals surface area contributed by atoms with Crippen molar-refractivity contribution in [3.63, 3.8) is 0 Å². The minimum Gasteiger partial charge on any atom is -0.402 e. The number of cyclic esters (lactones) is 1. The quantitative estimate of drug-likeness (QED) is 0.611. The standard InChI is InChI=1S/C20H21N3O3S/c1-13(24)21-15-9-7-14(8-10-15)19-22-17(20(25)26-19)6-4-5-16-11-12-18(27-16)23(2)3/h6-12H,4-5H2,1-3H3,(H,21,24)/b17-6-. The number of allylic oxidation sites excluding steroid dienone is 1. The summed E-state index contributed by atoms with van der Waals surface area (Å²) in [7, 11) is 4.04. The van der Waals surface area contributed by atoms with Gasteiger partial charge < -0.3 is 15.0 Å². The van der Waals surface area contributed by atoms with E-state index in [2.05, 4.69) is 27.3 Å². The molecule has 0 fully saturated rings. The van der Waals surface area contributed by atoms with Crippen molar-refractivity contribution in [2.75, 3.05) is 24.3 Å². The van der Waals surface area contributed by atoms with E-state index in [-0.39, 0.29) is 11.8 Å². The molecule has 6 nitrogen and oxygen atoms in total. The molecular weight excluding hydrogens is 362 g/mol. The van der Waals surface area contributed by atoms with Gasteiger partial charge in [0.25, 0.3) is 0 Å². The summed E-state index contributed by atoms with van der Waals surface area (Å²) in [6.07, 6.45) is 3.39. The van der Waals surface area contributed by atoms with Crippen LogP contribution in [0.2, 0.25) is 0 Å². The van der Waals surface area contributed by atoms with Crippen LogP contribution < -0.4 is 10.2 Å². The lowest BCUT2D eigenvalue weighted by Gasteiger charge is -2.07. The number of carbonyl (C=O) groups excluding carboxylic acids is 2. The molecule has 1 N–H and O–H groups in total. The van der Waals surface area contributed by atoms with Crippen LogP contribution in [0.3, 0.4) is 0 Å². The molecule has 2 heterocycles. The molecule has 1 amide bonds. The number of benzene rings is 1. The van der Waals surface area contributed by atoms with Gasteiger partial charge in [-0.3, -0.25) is 4.79 Å². The Balaban J connectivity index is 1.64. The summed E-state index contributed by atoms with van der Waals surface area (Å²) in [5.41, 5.74) is 1.70. The minimum absolute atomic E-state index is 0.138. The van der Waals surface area contributed by atoms with Crippen LogP contribution in [0.5, 0.6) is 0 Å². The Morgan fingerprint density at radius 2 is 1.96 bits per heavy atom. The van der Waals surface area contributed by atoms with Gasteiger partial charge in [0, 0.05) is 37.1 Å². The number of rotatable bonds is 6. The van der Waals surface area contributed by atoms with E-state index in [0.717, 1.165) is 12.8 Å². The highest BCUT2D eigenvalue weighted by atomic mass is 32.1. The average molecular weight is 383 g/mol. The van der Waals surface area contributed by atoms with E-state index in [1.54, 1.807) is 35.6 Å². The van der Waals surface area contributed by atoms with E-state index in [1.807, 2.05) is 20.2 Å². The van der Waals surface area contributed by atoms with Gasteiger partial charge in [-0.2, -0.15) is 0 Å². The second-order valence-electron chi connectivity index (χ2n) is 6.33. The minimum atomic E-state index is -0.434. The molecule has 27 heavy (non-hydrogen) atoms. The van der Waals surface area contributed by atoms with Crippen LogP contribution in [0.4, 0.5) is 10.7 Å². The zero-order valence-corrected chi connectivity index (χ0v) is 16.3. The van der Waals surface area contributed by atoms with Gasteiger partial charge in [0.2, 0.25) is 11.8 Å². The molecule has 0 atom stereocenters. The van der Waals surface area contributed by atoms with Crippen molar-refractivity contribution in [1.82, 2.24) is 0 Å². The van der Waals surface area contributed by atoms with Crippen LogP contribution in [0, 0.1) is 0 Å². The number of aliphatic imine (C=N–C) groups is 1. The fraction of sp³-hybridized carbons (Fsp3) is 0.250. The van der Waals surface area contributed by atoms with Crippen LogP contribution >= 0.6 is 11.3 Å². The molecule has 0 radical (unpaired) electrons. The molecular formula is C20H21N3O3S. The van der Waals surface area contributed by atoms with Gasteiger partial charge in [-0.15, -0.1) is 11.3 Å². The predicted octanol–water partition coefficient (Wildman–Crippen LogP) is 3.59. The Kier molecular flexibility index (Phi) is 5.71. The predicted molar refractivity (Wildman–Crippen MR) is 108 cm³/mol. The Morgan fingerprint density at radius 3 is 2.59 bits per heavy atom. The maximum Gasteiger partial charge on any atom is 0.363 e. The third-order valence-corrected chi connectivity index (χ3v) is 5.20. The molecule has 3 rings (SSSR count). The molecule has 1 aromatic carbocycles. The summed E-state index contributed by atoms with van der Waals surface area (Å²) >= 11 is 1.74. The van der Waals surface area contributed by atoms with Crippen LogP contribution in [-0.4, -0.2) is 31.9 Å². The zero-order chi connectivity index (χ0) is 19.4. The van der Waals surface area contributed by atoms with E-state index in [4.69, 9.17) is 4.74 Å². The van der Waals surface area contributed by atoms with Crippen molar-refractivity contribution >= 4 is 39.8 Å². The van der Waals surface area contributed by atoms with Gasteiger partial charge in [0.1, 0.15) is 5.70 Å². The summed E-state index contributed by atoms with van der Waals surface area (Å²) in [5, 5.41) is 3.90. The van der Waals surface area contributed by atoms with Gasteiger partial charge in [0.05, 0.1) is 5.00 Å². The van der Waals surface area contributed by atoms with Gasteiger partial charge in [-0.05, 0) is 49.2 Å². The molecule has 0 unspecified atom stereocenters. The Bertz CT molecular complexity index is 911. The number of carbonyl (C=O) groups is 2. The summed E-state index contributed by atoms with van der Waals surface area (Å²) in [4.78, 5) is 30.8. The first-order valence-electron chi connectivity index (χ1n) is 8.57. The molecule has 1 aliphatic rings. The lowest BCUT2D eigenvalue weighted by molar-refractivity contribution is -0.130. The Labute approximate surface area is 162 Å². The molecule has 2 aromatic rings. The molecule has 7 heteroatoms. The van der Waals surface area contributed by atoms with Crippen molar-refractivity contribution in [3.05, 3.63) is 58.6 Å². The number of anilines is 2. The van der Waals surface area contributed by atoms with Crippen molar-refractivity contribution in [1.29, 1.82) is 0 Å². The maximum absolute atomic E-state index is 12.0. The van der Waals surface area contributed by atoms with Crippen LogP contribution in [-0.2, 0) is 20.7 Å². The van der Waals surface area contributed by atoms with Crippen molar-refractivity contribution in [2.24, 2.45) is 4.99 Å². The third kappa shape index (κ3) is 4.83. The summed E-state index contributed by atoms with van der Waals surface area (Å²) < 4.78 is 5.27. The lowest BCUT2D eigenvalue weighted by atomic mass is 10.2. The van der Waals surface area contributed by atoms with E-state index in [0.29, 0.717) is 16.9 Å². The summed E-state index contributed by atoms with van der Waals surface area (Å²) in [5.74, 6) is -0.288. The van der Waals surface area contributed by atoms with Gasteiger partial charge in [-0.25, -0.2) is 9.79 Å². The Morgan fingerprint density at radius 1 is 1.22 bits per heavy atom. The molecule has 0 aliphatic carbocycles. The number of thiophene rings is 1. The van der Waals surface area contributed by atoms with Crippen LogP contribution in [0.15, 0.2) is 53.2 Å². The van der Waals surface area contributed by atoms with Gasteiger partial charge in [-0.1, -0.05) is 6.08 Å². The van der Waals surface area contributed by atoms with Crippen molar-refractivity contribution in [2.45, 2.75) is 19.8 Å². The fourth-order valence-corrected chi connectivity index (χ4v) is 3.51. The smallest absolute Gasteiger partial charge is 0.363 e.